The van der Waals surface area contributed by atoms with E-state index in [0.717, 1.165) is 44.9 Å². The number of hydrogen-bond donors (Lipinski definition) is 0. The highest BCUT2D eigenvalue weighted by atomic mass is 31.2. The van der Waals surface area contributed by atoms with Crippen LogP contribution in [0.1, 0.15) is 118 Å². The molecule has 0 aliphatic carbocycles. The molecule has 0 spiro atoms. The van der Waals surface area contributed by atoms with Crippen LogP contribution in [0.3, 0.4) is 0 Å². The topological polar surface area (TPSA) is 63.2 Å². The van der Waals surface area contributed by atoms with Crippen LogP contribution >= 0.6 is 7.82 Å². The Hall–Kier alpha value is 0.160. The Morgan fingerprint density at radius 3 is 1.75 bits per heavy atom. The summed E-state index contributed by atoms with van der Waals surface area (Å²) in [6.07, 6.45) is 15.5. The van der Waals surface area contributed by atoms with Crippen LogP contribution < -0.4 is 0 Å². The maximum absolute atomic E-state index is 13.1. The fourth-order valence-electron chi connectivity index (χ4n) is 4.09. The lowest BCUT2D eigenvalue weighted by Crippen LogP contribution is -2.27. The summed E-state index contributed by atoms with van der Waals surface area (Å²) in [6, 6.07) is 0. The lowest BCUT2D eigenvalue weighted by Gasteiger charge is -2.27. The fourth-order valence-corrected chi connectivity index (χ4v) is 5.20. The largest absolute Gasteiger partial charge is 0.474 e. The van der Waals surface area contributed by atoms with Crippen molar-refractivity contribution in [2.45, 2.75) is 155 Å². The Labute approximate surface area is 226 Å². The predicted octanol–water partition coefficient (Wildman–Crippen LogP) is 8.00. The third-order valence-electron chi connectivity index (χ3n) is 6.42. The van der Waals surface area contributed by atoms with Crippen LogP contribution in [0.15, 0.2) is 0 Å². The number of ether oxygens (including phenoxy) is 2. The second-order valence-electron chi connectivity index (χ2n) is 9.71. The molecule has 0 saturated heterocycles. The highest BCUT2D eigenvalue weighted by Gasteiger charge is 2.31. The minimum absolute atomic E-state index is 0.0362. The Bertz CT molecular complexity index is 528. The van der Waals surface area contributed by atoms with E-state index in [1.165, 1.54) is 52.1 Å². The highest BCUT2D eigenvalue weighted by Crippen LogP contribution is 2.50. The van der Waals surface area contributed by atoms with Crippen LogP contribution in [0.2, 0.25) is 12.6 Å². The van der Waals surface area contributed by atoms with Crippen LogP contribution in [0, 0.1) is 0 Å². The SMILES string of the molecule is [B]C[C@H](COP(=O)(OC)O[C@H](C[B])COC(CC)CCC)OC(CCCCCC)CCCCCCC. The van der Waals surface area contributed by atoms with Crippen molar-refractivity contribution in [2.24, 2.45) is 0 Å². The number of rotatable bonds is 27. The Kier molecular flexibility index (Phi) is 24.3. The molecular formula is C27H55B2O6P. The molecule has 0 aliphatic heterocycles. The molecular weight excluding hydrogens is 473 g/mol. The fraction of sp³-hybridized carbons (Fsp3) is 1.00. The van der Waals surface area contributed by atoms with Gasteiger partial charge in [0.2, 0.25) is 0 Å². The second kappa shape index (κ2) is 24.2. The van der Waals surface area contributed by atoms with Crippen molar-refractivity contribution < 1.29 is 27.6 Å². The van der Waals surface area contributed by atoms with Crippen molar-refractivity contribution >= 4 is 23.5 Å². The summed E-state index contributed by atoms with van der Waals surface area (Å²) in [6.45, 7) is 8.92. The molecule has 0 aliphatic rings. The van der Waals surface area contributed by atoms with Gasteiger partial charge in [0.1, 0.15) is 0 Å². The van der Waals surface area contributed by atoms with Crippen LogP contribution in [-0.4, -0.2) is 60.4 Å². The predicted molar refractivity (Wildman–Crippen MR) is 152 cm³/mol. The molecule has 9 heteroatoms. The van der Waals surface area contributed by atoms with Crippen molar-refractivity contribution in [3.05, 3.63) is 0 Å². The van der Waals surface area contributed by atoms with Gasteiger partial charge in [0, 0.05) is 7.11 Å². The van der Waals surface area contributed by atoms with Gasteiger partial charge in [-0.25, -0.2) is 4.57 Å². The second-order valence-corrected chi connectivity index (χ2v) is 11.4. The number of phosphoric acid groups is 1. The van der Waals surface area contributed by atoms with Gasteiger partial charge in [-0.15, -0.1) is 0 Å². The molecule has 4 radical (unpaired) electrons. The van der Waals surface area contributed by atoms with E-state index in [4.69, 9.17) is 38.7 Å². The summed E-state index contributed by atoms with van der Waals surface area (Å²) in [4.78, 5) is 0. The van der Waals surface area contributed by atoms with Gasteiger partial charge in [-0.1, -0.05) is 105 Å². The minimum atomic E-state index is -3.83. The molecule has 3 unspecified atom stereocenters. The molecule has 0 saturated carbocycles. The van der Waals surface area contributed by atoms with Gasteiger partial charge < -0.3 is 9.47 Å². The molecule has 0 N–H and O–H groups in total. The number of hydrogen-bond acceptors (Lipinski definition) is 6. The first kappa shape index (κ1) is 36.2. The molecule has 5 atom stereocenters. The maximum atomic E-state index is 13.1. The Morgan fingerprint density at radius 2 is 1.25 bits per heavy atom. The van der Waals surface area contributed by atoms with E-state index in [1.54, 1.807) is 0 Å². The van der Waals surface area contributed by atoms with Gasteiger partial charge >= 0.3 is 7.82 Å². The highest BCUT2D eigenvalue weighted by molar-refractivity contribution is 7.48. The van der Waals surface area contributed by atoms with Crippen LogP contribution in [0.25, 0.3) is 0 Å². The minimum Gasteiger partial charge on any atom is -0.376 e. The van der Waals surface area contributed by atoms with Gasteiger partial charge in [0.15, 0.2) is 0 Å². The molecule has 0 rings (SSSR count). The van der Waals surface area contributed by atoms with Crippen molar-refractivity contribution in [2.75, 3.05) is 20.3 Å². The van der Waals surface area contributed by atoms with E-state index in [2.05, 4.69) is 27.7 Å². The molecule has 0 amide bonds. The Morgan fingerprint density at radius 1 is 0.667 bits per heavy atom. The molecule has 0 aromatic heterocycles. The van der Waals surface area contributed by atoms with E-state index in [1.807, 2.05) is 0 Å². The standard InChI is InChI=1S/C27H55B2O6P/c1-6-10-12-14-16-19-25(18-15-13-11-7-2)34-26(20-28)23-33-36(30,31-5)35-27(21-29)22-32-24(9-4)17-8-3/h24-27H,6-23H2,1-5H3/t24?,25?,26-,27-,36?/m1/s1. The Balaban J connectivity index is 4.86. The summed E-state index contributed by atoms with van der Waals surface area (Å²) in [7, 11) is 9.33. The van der Waals surface area contributed by atoms with Crippen molar-refractivity contribution in [3.8, 4) is 0 Å². The molecule has 210 valence electrons. The maximum Gasteiger partial charge on any atom is 0.474 e. The van der Waals surface area contributed by atoms with E-state index < -0.39 is 13.9 Å². The normalized spacial score (nSPS) is 16.9. The van der Waals surface area contributed by atoms with Crippen molar-refractivity contribution in [1.82, 2.24) is 0 Å². The van der Waals surface area contributed by atoms with E-state index in [0.29, 0.717) is 0 Å². The first-order chi connectivity index (χ1) is 17.4. The summed E-state index contributed by atoms with van der Waals surface area (Å²) in [5, 5.41) is 0. The molecule has 0 aromatic carbocycles. The molecule has 0 heterocycles. The van der Waals surface area contributed by atoms with E-state index >= 15 is 0 Å². The van der Waals surface area contributed by atoms with Crippen LogP contribution in [-0.2, 0) is 27.6 Å². The average molecular weight is 528 g/mol. The number of phosphoric ester groups is 1. The quantitative estimate of drug-likeness (QED) is 0.0612. The van der Waals surface area contributed by atoms with Gasteiger partial charge in [-0.2, -0.15) is 0 Å². The molecule has 0 aromatic rings. The van der Waals surface area contributed by atoms with Gasteiger partial charge in [-0.05, 0) is 25.7 Å². The van der Waals surface area contributed by atoms with Crippen LogP contribution in [0.5, 0.6) is 0 Å². The van der Waals surface area contributed by atoms with E-state index in [-0.39, 0.29) is 44.2 Å². The van der Waals surface area contributed by atoms with Gasteiger partial charge in [-0.3, -0.25) is 13.6 Å². The summed E-state index contributed by atoms with van der Waals surface area (Å²) in [5.41, 5.74) is 0. The van der Waals surface area contributed by atoms with Crippen molar-refractivity contribution in [1.29, 1.82) is 0 Å². The summed E-state index contributed by atoms with van der Waals surface area (Å²) < 4.78 is 41.9. The third-order valence-corrected chi connectivity index (χ3v) is 7.89. The van der Waals surface area contributed by atoms with Gasteiger partial charge in [0.05, 0.1) is 53.3 Å². The zero-order valence-electron chi connectivity index (χ0n) is 24.1. The summed E-state index contributed by atoms with van der Waals surface area (Å²) >= 11 is 0. The molecule has 0 bridgehead atoms. The molecule has 36 heavy (non-hydrogen) atoms. The zero-order valence-corrected chi connectivity index (χ0v) is 25.0. The lowest BCUT2D eigenvalue weighted by atomic mass is 9.98. The number of unbranched alkanes of at least 4 members (excludes halogenated alkanes) is 7. The third kappa shape index (κ3) is 18.4. The van der Waals surface area contributed by atoms with Crippen LogP contribution in [0.4, 0.5) is 0 Å². The smallest absolute Gasteiger partial charge is 0.376 e. The molecule has 0 fully saturated rings. The lowest BCUT2D eigenvalue weighted by molar-refractivity contribution is -0.0461. The zero-order chi connectivity index (χ0) is 27.1. The summed E-state index contributed by atoms with van der Waals surface area (Å²) in [5.74, 6) is 0. The van der Waals surface area contributed by atoms with Crippen molar-refractivity contribution in [3.63, 3.8) is 0 Å². The first-order valence-corrected chi connectivity index (χ1v) is 16.0. The van der Waals surface area contributed by atoms with E-state index in [9.17, 15) is 4.57 Å². The average Bonchev–Trinajstić information content (AvgIpc) is 2.89. The molecule has 6 nitrogen and oxygen atoms in total. The van der Waals surface area contributed by atoms with Gasteiger partial charge in [0.25, 0.3) is 0 Å². The first-order valence-electron chi connectivity index (χ1n) is 14.6. The monoisotopic (exact) mass is 528 g/mol.